The van der Waals surface area contributed by atoms with Gasteiger partial charge in [0.2, 0.25) is 5.82 Å². The summed E-state index contributed by atoms with van der Waals surface area (Å²) in [6.07, 6.45) is 0.433. The van der Waals surface area contributed by atoms with Crippen molar-refractivity contribution >= 4 is 51.0 Å². The number of urea groups is 1. The van der Waals surface area contributed by atoms with Crippen molar-refractivity contribution in [1.29, 1.82) is 0 Å². The van der Waals surface area contributed by atoms with Gasteiger partial charge < -0.3 is 9.47 Å². The molecular weight excluding hydrogens is 820 g/mol. The fourth-order valence-electron chi connectivity index (χ4n) is 6.64. The van der Waals surface area contributed by atoms with Crippen LogP contribution in [0.3, 0.4) is 0 Å². The monoisotopic (exact) mass is 834 g/mol. The van der Waals surface area contributed by atoms with Gasteiger partial charge in [0.1, 0.15) is 34.9 Å². The van der Waals surface area contributed by atoms with Crippen LogP contribution in [0.25, 0.3) is 0 Å². The summed E-state index contributed by atoms with van der Waals surface area (Å²) in [5.41, 5.74) is -8.46. The molecule has 0 unspecified atom stereocenters. The van der Waals surface area contributed by atoms with E-state index in [1.54, 1.807) is 0 Å². The van der Waals surface area contributed by atoms with E-state index in [0.29, 0.717) is 6.42 Å². The average molecular weight is 835 g/mol. The zero-order valence-corrected chi connectivity index (χ0v) is 27.3. The quantitative estimate of drug-likeness (QED) is 0.0665. The van der Waals surface area contributed by atoms with E-state index in [9.17, 15) is 26.7 Å². The Morgan fingerprint density at radius 3 is 1.30 bits per heavy atom. The summed E-state index contributed by atoms with van der Waals surface area (Å²) in [7, 11) is 0. The van der Waals surface area contributed by atoms with Gasteiger partial charge in [-0.3, -0.25) is 0 Å². The van der Waals surface area contributed by atoms with Crippen LogP contribution in [0.15, 0.2) is 28.7 Å². The standard InChI is InChI=1S/C32H15BBrF15N2O2/c34-10-6-8-12(9-7-10)51-32(52)50(11-4-2-1-3-5-11)31(13-16(35)22(41)28(47)23(42)17(13)36)53-33(51,14-18(37)24(43)29(48)25(44)19(14)38)15-20(39)26(45)30(49)27(46)21(15)40/h6-9,11H,1-5H2. The summed E-state index contributed by atoms with van der Waals surface area (Å²) in [4.78, 5) is 14.6. The molecule has 21 heteroatoms. The van der Waals surface area contributed by atoms with Gasteiger partial charge in [0.15, 0.2) is 58.2 Å². The highest BCUT2D eigenvalue weighted by Gasteiger charge is 2.62. The Morgan fingerprint density at radius 1 is 0.547 bits per heavy atom. The van der Waals surface area contributed by atoms with Crippen molar-refractivity contribution in [2.45, 2.75) is 38.1 Å². The number of amides is 2. The maximum atomic E-state index is 16.1. The Kier molecular flexibility index (Phi) is 9.78. The molecule has 0 bridgehead atoms. The highest BCUT2D eigenvalue weighted by molar-refractivity contribution is 9.10. The number of rotatable bonds is 5. The van der Waals surface area contributed by atoms with Gasteiger partial charge in [-0.25, -0.2) is 70.7 Å². The van der Waals surface area contributed by atoms with E-state index in [4.69, 9.17) is 4.65 Å². The van der Waals surface area contributed by atoms with Crippen molar-refractivity contribution in [2.75, 3.05) is 4.81 Å². The molecule has 280 valence electrons. The summed E-state index contributed by atoms with van der Waals surface area (Å²) >= 11 is 3.00. The molecule has 4 nitrogen and oxygen atoms in total. The van der Waals surface area contributed by atoms with Crippen molar-refractivity contribution in [1.82, 2.24) is 0 Å². The molecule has 1 fully saturated rings. The Hall–Kier alpha value is -4.69. The minimum Gasteiger partial charge on any atom is -0.640 e. The number of anilines is 1. The summed E-state index contributed by atoms with van der Waals surface area (Å²) in [6, 6.07) is 0.104. The fourth-order valence-corrected chi connectivity index (χ4v) is 6.90. The van der Waals surface area contributed by atoms with Crippen LogP contribution in [0.4, 0.5) is 76.3 Å². The third kappa shape index (κ3) is 5.55. The predicted molar refractivity (Wildman–Crippen MR) is 158 cm³/mol. The van der Waals surface area contributed by atoms with Gasteiger partial charge in [-0.15, -0.1) is 0 Å². The second-order valence-corrected chi connectivity index (χ2v) is 12.8. The van der Waals surface area contributed by atoms with Crippen LogP contribution in [-0.2, 0) is 4.65 Å². The van der Waals surface area contributed by atoms with E-state index in [2.05, 4.69) is 15.9 Å². The number of hydrogen-bond donors (Lipinski definition) is 0. The summed E-state index contributed by atoms with van der Waals surface area (Å²) < 4.78 is 234. The molecular formula is C32H15BBrF15N2O2. The Balaban J connectivity index is 1.94. The second-order valence-electron chi connectivity index (χ2n) is 11.9. The summed E-state index contributed by atoms with van der Waals surface area (Å²) in [5, 5.41) is 0. The largest absolute Gasteiger partial charge is 0.640 e. The highest BCUT2D eigenvalue weighted by atomic mass is 79.9. The summed E-state index contributed by atoms with van der Waals surface area (Å²) in [5.74, 6) is -46.1. The van der Waals surface area contributed by atoms with Crippen molar-refractivity contribution < 1.29 is 79.9 Å². The molecule has 1 aliphatic heterocycles. The zero-order valence-electron chi connectivity index (χ0n) is 25.8. The van der Waals surface area contributed by atoms with E-state index in [0.717, 1.165) is 24.3 Å². The minimum atomic E-state index is -5.90. The maximum absolute atomic E-state index is 16.1. The molecule has 4 aromatic rings. The Bertz CT molecular complexity index is 2110. The van der Waals surface area contributed by atoms with Crippen LogP contribution in [0.5, 0.6) is 0 Å². The molecule has 0 saturated heterocycles. The van der Waals surface area contributed by atoms with Crippen molar-refractivity contribution in [3.05, 3.63) is 122 Å². The van der Waals surface area contributed by atoms with Gasteiger partial charge in [0, 0.05) is 4.47 Å². The molecule has 1 aliphatic carbocycles. The van der Waals surface area contributed by atoms with Crippen LogP contribution in [0.1, 0.15) is 37.7 Å². The van der Waals surface area contributed by atoms with Crippen LogP contribution >= 0.6 is 15.9 Å². The first-order valence-corrected chi connectivity index (χ1v) is 15.8. The van der Waals surface area contributed by atoms with Crippen LogP contribution in [0, 0.1) is 87.3 Å². The first-order valence-electron chi connectivity index (χ1n) is 15.0. The number of halogens is 16. The van der Waals surface area contributed by atoms with E-state index in [1.807, 2.05) is 0 Å². The third-order valence-corrected chi connectivity index (χ3v) is 9.54. The van der Waals surface area contributed by atoms with Gasteiger partial charge in [-0.2, -0.15) is 4.58 Å². The smallest absolute Gasteiger partial charge is 0.458 e. The van der Waals surface area contributed by atoms with Gasteiger partial charge in [-0.05, 0) is 60.9 Å². The molecule has 2 amide bonds. The first kappa shape index (κ1) is 38.1. The number of benzene rings is 4. The van der Waals surface area contributed by atoms with Crippen LogP contribution in [0.2, 0.25) is 0 Å². The lowest BCUT2D eigenvalue weighted by Gasteiger charge is -2.50. The Labute approximate surface area is 295 Å². The van der Waals surface area contributed by atoms with Crippen LogP contribution < -0.4 is 15.7 Å². The minimum absolute atomic E-state index is 0.120. The molecule has 0 spiro atoms. The van der Waals surface area contributed by atoms with Crippen molar-refractivity contribution in [3.8, 4) is 0 Å². The SMILES string of the molecule is O=C1N(c2ccc(Br)cc2)[B-](c2c(F)c(F)c(F)c(F)c2F)(c2c(F)c(F)c(F)c(F)c2F)OC(c2c(F)c(F)c(F)c(F)c2F)=[N+]1C1CCCCC1. The van der Waals surface area contributed by atoms with Gasteiger partial charge >= 0.3 is 12.5 Å². The average Bonchev–Trinajstić information content (AvgIpc) is 3.14. The highest BCUT2D eigenvalue weighted by Crippen LogP contribution is 2.37. The van der Waals surface area contributed by atoms with Crippen molar-refractivity contribution in [3.63, 3.8) is 0 Å². The molecule has 4 aromatic carbocycles. The topological polar surface area (TPSA) is 32.6 Å². The van der Waals surface area contributed by atoms with Gasteiger partial charge in [0.05, 0.1) is 5.69 Å². The maximum Gasteiger partial charge on any atom is 0.458 e. The molecule has 0 radical (unpaired) electrons. The van der Waals surface area contributed by atoms with E-state index in [1.165, 1.54) is 0 Å². The molecule has 6 rings (SSSR count). The fraction of sp³-hybridized carbons (Fsp3) is 0.188. The first-order chi connectivity index (χ1) is 24.9. The van der Waals surface area contributed by atoms with Gasteiger partial charge in [0.25, 0.3) is 5.90 Å². The number of hydrogen-bond acceptors (Lipinski definition) is 2. The third-order valence-electron chi connectivity index (χ3n) is 9.02. The van der Waals surface area contributed by atoms with E-state index >= 15 is 43.9 Å². The molecule has 2 aliphatic rings. The van der Waals surface area contributed by atoms with Gasteiger partial charge in [-0.1, -0.05) is 22.4 Å². The lowest BCUT2D eigenvalue weighted by Crippen LogP contribution is -2.81. The van der Waals surface area contributed by atoms with Crippen molar-refractivity contribution in [2.24, 2.45) is 0 Å². The lowest BCUT2D eigenvalue weighted by atomic mass is 9.38. The molecule has 0 N–H and O–H groups in total. The molecule has 0 aromatic heterocycles. The lowest BCUT2D eigenvalue weighted by molar-refractivity contribution is -0.483. The van der Waals surface area contributed by atoms with E-state index < -0.39 is 134 Å². The predicted octanol–water partition coefficient (Wildman–Crippen LogP) is 8.54. The zero-order chi connectivity index (χ0) is 39.0. The molecule has 1 heterocycles. The number of nitrogens with zero attached hydrogens (tertiary/aromatic N) is 2. The summed E-state index contributed by atoms with van der Waals surface area (Å²) in [6.45, 7) is -5.90. The number of carbonyl (C=O) groups excluding carboxylic acids is 1. The molecule has 53 heavy (non-hydrogen) atoms. The molecule has 1 saturated carbocycles. The molecule has 0 atom stereocenters. The second kappa shape index (κ2) is 13.6. The normalized spacial score (nSPS) is 16.5. The van der Waals surface area contributed by atoms with E-state index in [-0.39, 0.29) is 39.5 Å². The van der Waals surface area contributed by atoms with Crippen LogP contribution in [-0.4, -0.2) is 29.0 Å². The Morgan fingerprint density at radius 2 is 0.906 bits per heavy atom. The number of carbonyl (C=O) groups is 1.